The first kappa shape index (κ1) is 13.5. The zero-order valence-corrected chi connectivity index (χ0v) is 11.6. The van der Waals surface area contributed by atoms with Gasteiger partial charge in [-0.1, -0.05) is 18.5 Å². The van der Waals surface area contributed by atoms with E-state index in [1.807, 2.05) is 6.07 Å². The second-order valence-electron chi connectivity index (χ2n) is 5.15. The lowest BCUT2D eigenvalue weighted by atomic mass is 9.90. The van der Waals surface area contributed by atoms with Crippen molar-refractivity contribution in [3.05, 3.63) is 23.2 Å². The minimum atomic E-state index is -0.0311. The van der Waals surface area contributed by atoms with E-state index in [1.165, 1.54) is 0 Å². The zero-order valence-electron chi connectivity index (χ0n) is 10.9. The normalized spacial score (nSPS) is 28.1. The summed E-state index contributed by atoms with van der Waals surface area (Å²) < 4.78 is 5.82. The van der Waals surface area contributed by atoms with Gasteiger partial charge >= 0.3 is 0 Å². The van der Waals surface area contributed by atoms with E-state index < -0.39 is 0 Å². The predicted molar refractivity (Wildman–Crippen MR) is 74.4 cm³/mol. The lowest BCUT2D eigenvalue weighted by Gasteiger charge is -2.38. The molecule has 0 aliphatic carbocycles. The Bertz CT molecular complexity index is 424. The van der Waals surface area contributed by atoms with Gasteiger partial charge in [0.2, 0.25) is 0 Å². The number of rotatable bonds is 3. The van der Waals surface area contributed by atoms with E-state index in [2.05, 4.69) is 19.2 Å². The van der Waals surface area contributed by atoms with Gasteiger partial charge in [-0.3, -0.25) is 0 Å². The minimum absolute atomic E-state index is 0.0311. The average molecular weight is 270 g/mol. The molecule has 0 spiro atoms. The molecule has 0 amide bonds. The Morgan fingerprint density at radius 2 is 2.33 bits per heavy atom. The van der Waals surface area contributed by atoms with E-state index in [1.54, 1.807) is 12.1 Å². The quantitative estimate of drug-likeness (QED) is 0.820. The summed E-state index contributed by atoms with van der Waals surface area (Å²) in [5.74, 6) is 0.118. The molecule has 1 aliphatic rings. The van der Waals surface area contributed by atoms with Gasteiger partial charge in [0.25, 0.3) is 0 Å². The first-order valence-corrected chi connectivity index (χ1v) is 6.79. The van der Waals surface area contributed by atoms with Crippen LogP contribution in [0.15, 0.2) is 18.2 Å². The smallest absolute Gasteiger partial charge is 0.134 e. The fourth-order valence-corrected chi connectivity index (χ4v) is 2.51. The van der Waals surface area contributed by atoms with Crippen molar-refractivity contribution < 1.29 is 9.84 Å². The standard InChI is InChI=1S/C14H20ClNO2/c1-3-14(2)9-11(6-7-18-14)16-10-4-5-13(17)12(15)8-10/h4-5,8,11,16-17H,3,6-7,9H2,1-2H3. The maximum atomic E-state index is 9.39. The molecule has 100 valence electrons. The van der Waals surface area contributed by atoms with Crippen molar-refractivity contribution in [2.45, 2.75) is 44.8 Å². The molecule has 0 saturated carbocycles. The number of halogens is 1. The van der Waals surface area contributed by atoms with Gasteiger partial charge in [0.1, 0.15) is 5.75 Å². The maximum Gasteiger partial charge on any atom is 0.134 e. The Morgan fingerprint density at radius 3 is 3.00 bits per heavy atom. The molecule has 1 heterocycles. The van der Waals surface area contributed by atoms with Gasteiger partial charge in [-0.05, 0) is 44.4 Å². The average Bonchev–Trinajstić information content (AvgIpc) is 2.34. The Morgan fingerprint density at radius 1 is 1.56 bits per heavy atom. The molecule has 2 N–H and O–H groups in total. The highest BCUT2D eigenvalue weighted by atomic mass is 35.5. The van der Waals surface area contributed by atoms with Crippen molar-refractivity contribution in [3.63, 3.8) is 0 Å². The number of ether oxygens (including phenoxy) is 1. The molecule has 1 aromatic rings. The van der Waals surface area contributed by atoms with E-state index in [9.17, 15) is 5.11 Å². The molecule has 1 saturated heterocycles. The molecule has 4 heteroatoms. The van der Waals surface area contributed by atoms with Gasteiger partial charge in [0.15, 0.2) is 0 Å². The van der Waals surface area contributed by atoms with Crippen molar-refractivity contribution >= 4 is 17.3 Å². The van der Waals surface area contributed by atoms with Crippen molar-refractivity contribution in [1.82, 2.24) is 0 Å². The number of benzene rings is 1. The summed E-state index contributed by atoms with van der Waals surface area (Å²) >= 11 is 5.90. The first-order valence-electron chi connectivity index (χ1n) is 6.41. The summed E-state index contributed by atoms with van der Waals surface area (Å²) in [4.78, 5) is 0. The summed E-state index contributed by atoms with van der Waals surface area (Å²) in [5, 5.41) is 13.2. The molecule has 2 atom stereocenters. The highest BCUT2D eigenvalue weighted by Crippen LogP contribution is 2.31. The van der Waals surface area contributed by atoms with Gasteiger partial charge < -0.3 is 15.2 Å². The summed E-state index contributed by atoms with van der Waals surface area (Å²) in [6, 6.07) is 5.61. The second kappa shape index (κ2) is 5.37. The van der Waals surface area contributed by atoms with Crippen LogP contribution in [0.1, 0.15) is 33.1 Å². The first-order chi connectivity index (χ1) is 8.52. The van der Waals surface area contributed by atoms with Crippen molar-refractivity contribution in [2.75, 3.05) is 11.9 Å². The van der Waals surface area contributed by atoms with Crippen LogP contribution >= 0.6 is 11.6 Å². The summed E-state index contributed by atoms with van der Waals surface area (Å²) in [7, 11) is 0. The molecule has 1 fully saturated rings. The molecule has 0 radical (unpaired) electrons. The second-order valence-corrected chi connectivity index (χ2v) is 5.56. The molecule has 2 unspecified atom stereocenters. The molecule has 2 rings (SSSR count). The number of phenols is 1. The predicted octanol–water partition coefficient (Wildman–Crippen LogP) is 3.81. The van der Waals surface area contributed by atoms with Crippen LogP contribution in [0, 0.1) is 0 Å². The Kier molecular flexibility index (Phi) is 4.03. The molecule has 0 aromatic heterocycles. The van der Waals surface area contributed by atoms with E-state index in [0.717, 1.165) is 31.6 Å². The SMILES string of the molecule is CCC1(C)CC(Nc2ccc(O)c(Cl)c2)CCO1. The van der Waals surface area contributed by atoms with E-state index in [4.69, 9.17) is 16.3 Å². The zero-order chi connectivity index (χ0) is 13.2. The van der Waals surface area contributed by atoms with E-state index in [-0.39, 0.29) is 11.4 Å². The van der Waals surface area contributed by atoms with Crippen LogP contribution in [0.4, 0.5) is 5.69 Å². The van der Waals surface area contributed by atoms with Gasteiger partial charge in [0, 0.05) is 18.3 Å². The third kappa shape index (κ3) is 3.09. The van der Waals surface area contributed by atoms with Gasteiger partial charge in [-0.15, -0.1) is 0 Å². The van der Waals surface area contributed by atoms with Gasteiger partial charge in [-0.2, -0.15) is 0 Å². The third-order valence-corrected chi connectivity index (χ3v) is 3.96. The van der Waals surface area contributed by atoms with Crippen LogP contribution < -0.4 is 5.32 Å². The van der Waals surface area contributed by atoms with Crippen LogP contribution in [0.25, 0.3) is 0 Å². The van der Waals surface area contributed by atoms with Crippen molar-refractivity contribution in [1.29, 1.82) is 0 Å². The van der Waals surface area contributed by atoms with Crippen LogP contribution in [-0.2, 0) is 4.74 Å². The van der Waals surface area contributed by atoms with Gasteiger partial charge in [-0.25, -0.2) is 0 Å². The minimum Gasteiger partial charge on any atom is -0.506 e. The molecule has 0 bridgehead atoms. The molecular formula is C14H20ClNO2. The van der Waals surface area contributed by atoms with Crippen LogP contribution in [0.5, 0.6) is 5.75 Å². The van der Waals surface area contributed by atoms with Crippen LogP contribution in [-0.4, -0.2) is 23.4 Å². The fraction of sp³-hybridized carbons (Fsp3) is 0.571. The number of hydrogen-bond acceptors (Lipinski definition) is 3. The Balaban J connectivity index is 2.02. The number of aromatic hydroxyl groups is 1. The molecule has 1 aliphatic heterocycles. The lowest BCUT2D eigenvalue weighted by Crippen LogP contribution is -2.41. The number of nitrogens with one attached hydrogen (secondary N) is 1. The van der Waals surface area contributed by atoms with E-state index >= 15 is 0 Å². The number of anilines is 1. The highest BCUT2D eigenvalue weighted by molar-refractivity contribution is 6.32. The monoisotopic (exact) mass is 269 g/mol. The van der Waals surface area contributed by atoms with Crippen molar-refractivity contribution in [3.8, 4) is 5.75 Å². The largest absolute Gasteiger partial charge is 0.506 e. The summed E-state index contributed by atoms with van der Waals surface area (Å²) in [5.41, 5.74) is 0.916. The lowest BCUT2D eigenvalue weighted by molar-refractivity contribution is -0.0708. The van der Waals surface area contributed by atoms with E-state index in [0.29, 0.717) is 11.1 Å². The summed E-state index contributed by atoms with van der Waals surface area (Å²) in [6.45, 7) is 5.10. The fourth-order valence-electron chi connectivity index (χ4n) is 2.33. The van der Waals surface area contributed by atoms with Crippen LogP contribution in [0.3, 0.4) is 0 Å². The number of phenolic OH excluding ortho intramolecular Hbond substituents is 1. The molecular weight excluding hydrogens is 250 g/mol. The maximum absolute atomic E-state index is 9.39. The number of hydrogen-bond donors (Lipinski definition) is 2. The molecule has 3 nitrogen and oxygen atoms in total. The highest BCUT2D eigenvalue weighted by Gasteiger charge is 2.31. The van der Waals surface area contributed by atoms with Gasteiger partial charge in [0.05, 0.1) is 10.6 Å². The van der Waals surface area contributed by atoms with Crippen molar-refractivity contribution in [2.24, 2.45) is 0 Å². The molecule has 18 heavy (non-hydrogen) atoms. The summed E-state index contributed by atoms with van der Waals surface area (Å²) in [6.07, 6.45) is 3.00. The Labute approximate surface area is 113 Å². The van der Waals surface area contributed by atoms with Crippen LogP contribution in [0.2, 0.25) is 5.02 Å². The molecule has 1 aromatic carbocycles. The topological polar surface area (TPSA) is 41.5 Å². The Hall–Kier alpha value is -0.930. The third-order valence-electron chi connectivity index (χ3n) is 3.66.